The zero-order valence-electron chi connectivity index (χ0n) is 13.5. The van der Waals surface area contributed by atoms with Crippen LogP contribution in [-0.2, 0) is 10.3 Å². The zero-order chi connectivity index (χ0) is 15.9. The van der Waals surface area contributed by atoms with E-state index in [-0.39, 0.29) is 11.7 Å². The molecule has 3 aromatic carbocycles. The highest BCUT2D eigenvalue weighted by Gasteiger charge is 2.59. The van der Waals surface area contributed by atoms with E-state index in [1.54, 1.807) is 0 Å². The molecule has 0 aliphatic carbocycles. The van der Waals surface area contributed by atoms with E-state index in [9.17, 15) is 0 Å². The van der Waals surface area contributed by atoms with Gasteiger partial charge in [0.25, 0.3) is 0 Å². The summed E-state index contributed by atoms with van der Waals surface area (Å²) < 4.78 is 6.37. The van der Waals surface area contributed by atoms with Gasteiger partial charge < -0.3 is 4.74 Å². The van der Waals surface area contributed by atoms with Crippen LogP contribution in [0.4, 0.5) is 0 Å². The highest BCUT2D eigenvalue weighted by molar-refractivity contribution is 5.47. The lowest BCUT2D eigenvalue weighted by atomic mass is 9.85. The molecule has 0 aromatic heterocycles. The van der Waals surface area contributed by atoms with Gasteiger partial charge in [-0.2, -0.15) is 0 Å². The molecule has 0 amide bonds. The quantitative estimate of drug-likeness (QED) is 0.596. The molecule has 1 aliphatic rings. The summed E-state index contributed by atoms with van der Waals surface area (Å²) >= 11 is 0. The Hall–Kier alpha value is -2.38. The van der Waals surface area contributed by atoms with Crippen molar-refractivity contribution in [2.45, 2.75) is 25.6 Å². The maximum Gasteiger partial charge on any atom is 0.149 e. The van der Waals surface area contributed by atoms with Gasteiger partial charge in [0.15, 0.2) is 0 Å². The highest BCUT2D eigenvalue weighted by Crippen LogP contribution is 2.61. The van der Waals surface area contributed by atoms with Crippen molar-refractivity contribution in [1.29, 1.82) is 0 Å². The van der Waals surface area contributed by atoms with Crippen LogP contribution in [0.25, 0.3) is 0 Å². The summed E-state index contributed by atoms with van der Waals surface area (Å²) in [4.78, 5) is 0. The van der Waals surface area contributed by atoms with Gasteiger partial charge in [-0.1, -0.05) is 90.0 Å². The van der Waals surface area contributed by atoms with E-state index < -0.39 is 0 Å². The fourth-order valence-corrected chi connectivity index (χ4v) is 3.59. The molecule has 3 aromatic rings. The Labute approximate surface area is 137 Å². The zero-order valence-corrected chi connectivity index (χ0v) is 13.5. The van der Waals surface area contributed by atoms with Gasteiger partial charge >= 0.3 is 0 Å². The van der Waals surface area contributed by atoms with E-state index in [4.69, 9.17) is 4.74 Å². The number of hydrogen-bond donors (Lipinski definition) is 0. The largest absolute Gasteiger partial charge is 0.351 e. The summed E-state index contributed by atoms with van der Waals surface area (Å²) in [6, 6.07) is 27.8. The summed E-state index contributed by atoms with van der Waals surface area (Å²) in [6.07, 6.45) is 0.0749. The maximum absolute atomic E-state index is 6.37. The molecule has 0 spiro atoms. The fourth-order valence-electron chi connectivity index (χ4n) is 3.59. The van der Waals surface area contributed by atoms with Crippen molar-refractivity contribution in [2.75, 3.05) is 0 Å². The lowest BCUT2D eigenvalue weighted by Gasteiger charge is -2.15. The van der Waals surface area contributed by atoms with Gasteiger partial charge in [0.1, 0.15) is 11.7 Å². The van der Waals surface area contributed by atoms with Crippen molar-refractivity contribution in [2.24, 2.45) is 0 Å². The van der Waals surface area contributed by atoms with Crippen LogP contribution in [0, 0.1) is 13.8 Å². The monoisotopic (exact) mass is 300 g/mol. The molecule has 0 unspecified atom stereocenters. The second kappa shape index (κ2) is 5.36. The SMILES string of the molecule is Cc1cc(C)cc([C@@H]2OC2(c2ccccc2)c2ccccc2)c1. The molecule has 1 nitrogen and oxygen atoms in total. The Balaban J connectivity index is 1.84. The fraction of sp³-hybridized carbons (Fsp3) is 0.182. The average molecular weight is 300 g/mol. The first-order chi connectivity index (χ1) is 11.2. The first-order valence-electron chi connectivity index (χ1n) is 8.07. The highest BCUT2D eigenvalue weighted by atomic mass is 16.6. The van der Waals surface area contributed by atoms with Gasteiger partial charge in [-0.15, -0.1) is 0 Å². The topological polar surface area (TPSA) is 12.5 Å². The van der Waals surface area contributed by atoms with Gasteiger partial charge in [-0.3, -0.25) is 0 Å². The molecule has 1 saturated heterocycles. The summed E-state index contributed by atoms with van der Waals surface area (Å²) in [5.41, 5.74) is 5.90. The van der Waals surface area contributed by atoms with Crippen LogP contribution in [0.1, 0.15) is 33.9 Å². The number of ether oxygens (including phenoxy) is 1. The third kappa shape index (κ3) is 2.38. The van der Waals surface area contributed by atoms with E-state index in [2.05, 4.69) is 92.7 Å². The molecule has 0 saturated carbocycles. The normalized spacial score (nSPS) is 18.6. The first-order valence-corrected chi connectivity index (χ1v) is 8.07. The Morgan fingerprint density at radius 1 is 0.696 bits per heavy atom. The molecule has 0 radical (unpaired) electrons. The molecule has 114 valence electrons. The Morgan fingerprint density at radius 2 is 1.17 bits per heavy atom. The summed E-state index contributed by atoms with van der Waals surface area (Å²) in [5.74, 6) is 0. The molecule has 1 aliphatic heterocycles. The second-order valence-corrected chi connectivity index (χ2v) is 6.39. The number of aryl methyl sites for hydroxylation is 2. The third-order valence-corrected chi connectivity index (χ3v) is 4.57. The number of benzene rings is 3. The molecule has 4 rings (SSSR count). The molecular formula is C22H20O. The van der Waals surface area contributed by atoms with Crippen LogP contribution in [0.5, 0.6) is 0 Å². The van der Waals surface area contributed by atoms with E-state index >= 15 is 0 Å². The standard InChI is InChI=1S/C22H20O/c1-16-13-17(2)15-18(14-16)21-22(23-21,19-9-5-3-6-10-19)20-11-7-4-8-12-20/h3-15,21H,1-2H3/t21-/m0/s1. The van der Waals surface area contributed by atoms with Crippen LogP contribution in [-0.4, -0.2) is 0 Å². The smallest absolute Gasteiger partial charge is 0.149 e. The number of hydrogen-bond acceptors (Lipinski definition) is 1. The molecule has 1 atom stereocenters. The van der Waals surface area contributed by atoms with Gasteiger partial charge in [0.2, 0.25) is 0 Å². The molecule has 0 bridgehead atoms. The van der Waals surface area contributed by atoms with Crippen LogP contribution in [0.3, 0.4) is 0 Å². The van der Waals surface area contributed by atoms with Gasteiger partial charge in [0, 0.05) is 0 Å². The van der Waals surface area contributed by atoms with Crippen molar-refractivity contribution in [3.63, 3.8) is 0 Å². The van der Waals surface area contributed by atoms with Crippen LogP contribution >= 0.6 is 0 Å². The van der Waals surface area contributed by atoms with Crippen molar-refractivity contribution < 1.29 is 4.74 Å². The molecule has 0 N–H and O–H groups in total. The van der Waals surface area contributed by atoms with Gasteiger partial charge in [0.05, 0.1) is 0 Å². The Kier molecular flexibility index (Phi) is 3.32. The minimum atomic E-state index is -0.358. The Morgan fingerprint density at radius 3 is 1.65 bits per heavy atom. The minimum absolute atomic E-state index is 0.0749. The molecule has 1 heteroatoms. The van der Waals surface area contributed by atoms with Crippen LogP contribution < -0.4 is 0 Å². The second-order valence-electron chi connectivity index (χ2n) is 6.39. The number of rotatable bonds is 3. The van der Waals surface area contributed by atoms with Crippen LogP contribution in [0.15, 0.2) is 78.9 Å². The third-order valence-electron chi connectivity index (χ3n) is 4.57. The minimum Gasteiger partial charge on any atom is -0.351 e. The van der Waals surface area contributed by atoms with E-state index in [0.29, 0.717) is 0 Å². The predicted molar refractivity (Wildman–Crippen MR) is 93.4 cm³/mol. The molecule has 1 fully saturated rings. The maximum atomic E-state index is 6.37. The van der Waals surface area contributed by atoms with Gasteiger partial charge in [-0.25, -0.2) is 0 Å². The van der Waals surface area contributed by atoms with E-state index in [1.165, 1.54) is 27.8 Å². The first kappa shape index (κ1) is 14.2. The van der Waals surface area contributed by atoms with Crippen molar-refractivity contribution in [3.8, 4) is 0 Å². The average Bonchev–Trinajstić information content (AvgIpc) is 3.33. The molecule has 1 heterocycles. The van der Waals surface area contributed by atoms with E-state index in [1.807, 2.05) is 0 Å². The lowest BCUT2D eigenvalue weighted by Crippen LogP contribution is -2.12. The Bertz CT molecular complexity index is 761. The van der Waals surface area contributed by atoms with Crippen molar-refractivity contribution in [1.82, 2.24) is 0 Å². The molecular weight excluding hydrogens is 280 g/mol. The van der Waals surface area contributed by atoms with Crippen molar-refractivity contribution >= 4 is 0 Å². The predicted octanol–water partition coefficient (Wildman–Crippen LogP) is 5.32. The molecule has 23 heavy (non-hydrogen) atoms. The van der Waals surface area contributed by atoms with E-state index in [0.717, 1.165) is 0 Å². The summed E-state index contributed by atoms with van der Waals surface area (Å²) in [6.45, 7) is 4.29. The lowest BCUT2D eigenvalue weighted by molar-refractivity contribution is 0.329. The van der Waals surface area contributed by atoms with Crippen LogP contribution in [0.2, 0.25) is 0 Å². The van der Waals surface area contributed by atoms with Crippen molar-refractivity contribution in [3.05, 3.63) is 107 Å². The summed E-state index contributed by atoms with van der Waals surface area (Å²) in [5, 5.41) is 0. The van der Waals surface area contributed by atoms with Gasteiger partial charge in [-0.05, 0) is 30.5 Å². The number of epoxide rings is 1. The summed E-state index contributed by atoms with van der Waals surface area (Å²) in [7, 11) is 0.